The van der Waals surface area contributed by atoms with E-state index in [0.717, 1.165) is 20.8 Å². The van der Waals surface area contributed by atoms with E-state index in [1.54, 1.807) is 127 Å². The Hall–Kier alpha value is -5.46. The first-order chi connectivity index (χ1) is 44.3. The molecule has 0 fully saturated rings. The number of ketones is 1. The molecule has 8 aromatic rings. The van der Waals surface area contributed by atoms with E-state index in [0.29, 0.717) is 41.5 Å². The van der Waals surface area contributed by atoms with Gasteiger partial charge in [0, 0.05) is 81.0 Å². The van der Waals surface area contributed by atoms with Crippen LogP contribution in [-0.4, -0.2) is 136 Å². The summed E-state index contributed by atoms with van der Waals surface area (Å²) in [7, 11) is -2.81. The van der Waals surface area contributed by atoms with Gasteiger partial charge >= 0.3 is 52.6 Å². The number of halogens is 6. The number of sulfonamides is 3. The third kappa shape index (κ3) is 31.6. The van der Waals surface area contributed by atoms with Gasteiger partial charge in [-0.2, -0.15) is 0 Å². The number of rotatable bonds is 18. The predicted molar refractivity (Wildman–Crippen MR) is 381 cm³/mol. The number of alkyl halides is 2. The van der Waals surface area contributed by atoms with E-state index in [4.69, 9.17) is 38.1 Å². The summed E-state index contributed by atoms with van der Waals surface area (Å²) in [5, 5.41) is 10.1. The first kappa shape index (κ1) is 98.9. The zero-order valence-corrected chi connectivity index (χ0v) is 66.0. The van der Waals surface area contributed by atoms with E-state index >= 15 is 0 Å². The standard InChI is InChI=1S/C16H17NO3S.C16H15NO3S.C14H13NO3S.C7H5ClO3S.C7H6O4S.C2H3.CH2Cl2.BrH.Cl2OS.Mg.Na.H2O/c2*1-3-15(18)14-11-7-8-12-16(14)21(19,20)17(2)13-9-5-4-6-10-13;1-15(13-8-3-2-4-9-13)19(17,18)14-10-6-5-7-12(14)11-16;8-12(10,11)7-4-2-1-3-6(7)5-9;8-5-6-3-1-2-4-7(6)12(9,10)11;1-2;2-1-3;;1-4(2)3;;;/h3-12,15,18H,1H2,2H3;3-12H,1H2,2H3;2-11H,1H3;1-5H;1-5H,(H,9,10,11);1H,2H2;1H2;1H;;;;1H2/q;;;;;-1;;;;+2;+1;/p-2. The summed E-state index contributed by atoms with van der Waals surface area (Å²) in [6, 6.07) is 55.8. The Morgan fingerprint density at radius 2 is 0.765 bits per heavy atom. The molecule has 0 radical (unpaired) electrons. The molecule has 518 valence electrons. The summed E-state index contributed by atoms with van der Waals surface area (Å²) >= 11 is 9.53. The normalized spacial score (nSPS) is 10.5. The maximum atomic E-state index is 12.8. The molecule has 0 aromatic heterocycles. The molecule has 0 saturated heterocycles. The Morgan fingerprint density at radius 3 is 1.07 bits per heavy atom. The number of hydrogen-bond donors (Lipinski definition) is 1. The first-order valence-electron chi connectivity index (χ1n) is 25.9. The zero-order valence-electron chi connectivity index (χ0n) is 52.3. The van der Waals surface area contributed by atoms with Crippen molar-refractivity contribution in [2.75, 3.05) is 39.4 Å². The number of carbonyl (C=O) groups excluding carboxylic acids is 4. The molecule has 35 heteroatoms. The van der Waals surface area contributed by atoms with Crippen LogP contribution in [0.25, 0.3) is 0 Å². The zero-order chi connectivity index (χ0) is 71.5. The van der Waals surface area contributed by atoms with Gasteiger partial charge in [0.1, 0.15) is 10.1 Å². The number of benzene rings is 8. The quantitative estimate of drug-likeness (QED) is 0.0125. The van der Waals surface area contributed by atoms with Gasteiger partial charge in [0.15, 0.2) is 24.6 Å². The van der Waals surface area contributed by atoms with Gasteiger partial charge < -0.3 is 38.7 Å². The monoisotopic (exact) mass is 1640 g/mol. The summed E-state index contributed by atoms with van der Waals surface area (Å²) in [4.78, 5) is 42.8. The molecule has 21 nitrogen and oxygen atoms in total. The van der Waals surface area contributed by atoms with E-state index in [1.807, 2.05) is 12.1 Å². The largest absolute Gasteiger partial charge is 2.00 e. The van der Waals surface area contributed by atoms with Crippen LogP contribution < -0.4 is 59.5 Å². The average Bonchev–Trinajstić information content (AvgIpc) is 0.799. The minimum Gasteiger partial charge on any atom is -1.00 e. The van der Waals surface area contributed by atoms with Crippen LogP contribution in [0.1, 0.15) is 53.1 Å². The smallest absolute Gasteiger partial charge is 1.00 e. The van der Waals surface area contributed by atoms with Gasteiger partial charge in [-0.25, -0.2) is 46.3 Å². The molecular weight excluding hydrogens is 1580 g/mol. The topological polar surface area (TPSA) is 341 Å². The van der Waals surface area contributed by atoms with Crippen molar-refractivity contribution in [3.63, 3.8) is 0 Å². The van der Waals surface area contributed by atoms with E-state index in [9.17, 15) is 70.9 Å². The number of nitrogens with zero attached hydrogens (tertiary/aromatic N) is 3. The summed E-state index contributed by atoms with van der Waals surface area (Å²) in [5.74, 6) is -0.421. The van der Waals surface area contributed by atoms with Gasteiger partial charge in [0.05, 0.1) is 53.0 Å². The number of carbonyl (C=O) groups is 4. The van der Waals surface area contributed by atoms with Crippen molar-refractivity contribution in [1.82, 2.24) is 0 Å². The Balaban J connectivity index is -0.000000549. The fraction of sp³-hybridized carbons (Fsp3) is 0.0794. The third-order valence-corrected chi connectivity index (χ3v) is 19.6. The number of allylic oxidation sites excluding steroid dienone is 1. The minimum absolute atomic E-state index is 0. The van der Waals surface area contributed by atoms with Gasteiger partial charge in [0.25, 0.3) is 39.1 Å². The van der Waals surface area contributed by atoms with Crippen LogP contribution in [0, 0.1) is 6.58 Å². The molecule has 0 heterocycles. The Labute approximate surface area is 647 Å². The van der Waals surface area contributed by atoms with Crippen LogP contribution in [-0.2, 0) is 58.5 Å². The summed E-state index contributed by atoms with van der Waals surface area (Å²) in [5.41, 5.74) is 2.19. The number of aldehydes is 3. The van der Waals surface area contributed by atoms with Crippen molar-refractivity contribution < 1.29 is 127 Å². The van der Waals surface area contributed by atoms with Gasteiger partial charge in [-0.1, -0.05) is 152 Å². The van der Waals surface area contributed by atoms with Gasteiger partial charge in [0.2, 0.25) is 9.23 Å². The number of aliphatic hydroxyl groups is 1. The minimum atomic E-state index is -4.53. The maximum absolute atomic E-state index is 12.8. The number of anilines is 3. The SMILES string of the molecule is C=CC(=O)c1ccccc1S(=O)(=O)N(C)c1ccccc1.C=CC(O)c1ccccc1S(=O)(=O)N(C)c1ccccc1.CN(c1ccccc1)S(=O)(=O)c1ccccc1C=O.ClCCl.O.O=Cc1ccccc1S(=O)(=O)Cl.O=Cc1ccccc1S(=O)(=O)[O-].O=S(Cl)Cl.[Br-].[CH-]=C.[Mg+2].[Na+]. The van der Waals surface area contributed by atoms with Crippen LogP contribution in [0.5, 0.6) is 0 Å². The molecular formula is C63H62BrCl5MgN3NaO18S6. The second kappa shape index (κ2) is 50.0. The summed E-state index contributed by atoms with van der Waals surface area (Å²) in [6.45, 7) is 13.9. The number of para-hydroxylation sites is 3. The Kier molecular flexibility index (Phi) is 50.4. The molecule has 1 atom stereocenters. The van der Waals surface area contributed by atoms with Crippen LogP contribution in [0.2, 0.25) is 0 Å². The van der Waals surface area contributed by atoms with Crippen molar-refractivity contribution in [1.29, 1.82) is 0 Å². The predicted octanol–water partition coefficient (Wildman–Crippen LogP) is 5.64. The fourth-order valence-corrected chi connectivity index (χ4v) is 13.2. The molecule has 0 bridgehead atoms. The van der Waals surface area contributed by atoms with E-state index in [1.165, 1.54) is 98.3 Å². The molecule has 3 N–H and O–H groups in total. The molecule has 8 rings (SSSR count). The summed E-state index contributed by atoms with van der Waals surface area (Å²) < 4.78 is 142. The van der Waals surface area contributed by atoms with Gasteiger partial charge in [-0.05, 0) is 78.9 Å². The molecule has 8 aromatic carbocycles. The van der Waals surface area contributed by atoms with Crippen molar-refractivity contribution in [3.8, 4) is 0 Å². The molecule has 0 spiro atoms. The van der Waals surface area contributed by atoms with Gasteiger partial charge in [-0.15, -0.1) is 29.8 Å². The Morgan fingerprint density at radius 1 is 0.510 bits per heavy atom. The van der Waals surface area contributed by atoms with Crippen molar-refractivity contribution in [3.05, 3.63) is 279 Å². The van der Waals surface area contributed by atoms with E-state index < -0.39 is 75.2 Å². The van der Waals surface area contributed by atoms with Gasteiger partial charge in [-0.3, -0.25) is 38.7 Å². The van der Waals surface area contributed by atoms with E-state index in [-0.39, 0.29) is 122 Å². The molecule has 98 heavy (non-hydrogen) atoms. The molecule has 0 amide bonds. The summed E-state index contributed by atoms with van der Waals surface area (Å²) in [6.07, 6.45) is 2.72. The van der Waals surface area contributed by atoms with Crippen LogP contribution in [0.15, 0.2) is 269 Å². The Bertz CT molecular complexity index is 4340. The second-order valence-corrected chi connectivity index (χ2v) is 30.4. The number of hydrogen-bond acceptors (Lipinski definition) is 17. The van der Waals surface area contributed by atoms with Crippen molar-refractivity contribution >= 4 is 178 Å². The van der Waals surface area contributed by atoms with Crippen LogP contribution >= 0.6 is 55.2 Å². The second-order valence-electron chi connectivity index (χ2n) is 17.4. The van der Waals surface area contributed by atoms with Crippen LogP contribution in [0.3, 0.4) is 0 Å². The van der Waals surface area contributed by atoms with Crippen molar-refractivity contribution in [2.45, 2.75) is 30.6 Å². The first-order valence-corrected chi connectivity index (χ1v) is 37.8. The molecule has 0 aliphatic carbocycles. The average molecular weight is 1650 g/mol. The fourth-order valence-electron chi connectivity index (χ4n) is 7.28. The van der Waals surface area contributed by atoms with E-state index in [2.05, 4.69) is 47.7 Å². The molecule has 0 aliphatic heterocycles. The van der Waals surface area contributed by atoms with Crippen LogP contribution in [0.4, 0.5) is 17.1 Å². The molecule has 1 unspecified atom stereocenters. The maximum Gasteiger partial charge on any atom is 2.00 e. The number of aliphatic hydroxyl groups excluding tert-OH is 1. The molecule has 0 saturated carbocycles. The third-order valence-electron chi connectivity index (χ3n) is 11.7. The molecule has 0 aliphatic rings. The van der Waals surface area contributed by atoms with Crippen molar-refractivity contribution in [2.24, 2.45) is 0 Å².